The summed E-state index contributed by atoms with van der Waals surface area (Å²) in [5.41, 5.74) is 6.77. The Balaban J connectivity index is 2.62. The number of sulfonamides is 1. The average molecular weight is 291 g/mol. The van der Waals surface area contributed by atoms with Gasteiger partial charge in [0.05, 0.1) is 11.9 Å². The van der Waals surface area contributed by atoms with Gasteiger partial charge in [0.15, 0.2) is 0 Å². The number of carbonyl (C=O) groups is 1. The number of benzene rings is 1. The van der Waals surface area contributed by atoms with Crippen LogP contribution in [0.1, 0.15) is 10.5 Å². The van der Waals surface area contributed by atoms with Crippen molar-refractivity contribution in [1.29, 1.82) is 0 Å². The molecule has 2 aromatic rings. The number of nitrogens with one attached hydrogen (secondary N) is 1. The number of carbonyl (C=O) groups excluding carboxylic acids is 1. The average Bonchev–Trinajstić information content (AvgIpc) is 2.37. The zero-order chi connectivity index (χ0) is 14.8. The number of anilines is 1. The minimum Gasteiger partial charge on any atom is -0.364 e. The van der Waals surface area contributed by atoms with Crippen molar-refractivity contribution >= 4 is 21.6 Å². The molecule has 20 heavy (non-hydrogen) atoms. The van der Waals surface area contributed by atoms with Gasteiger partial charge in [-0.2, -0.15) is 0 Å². The first-order valence-electron chi connectivity index (χ1n) is 5.70. The maximum Gasteiger partial charge on any atom is 0.267 e. The quantitative estimate of drug-likeness (QED) is 0.884. The lowest BCUT2D eigenvalue weighted by Gasteiger charge is -2.12. The first-order valence-corrected chi connectivity index (χ1v) is 7.59. The van der Waals surface area contributed by atoms with Gasteiger partial charge in [-0.3, -0.25) is 14.5 Å². The van der Waals surface area contributed by atoms with Gasteiger partial charge in [0.25, 0.3) is 5.91 Å². The topological polar surface area (TPSA) is 102 Å². The van der Waals surface area contributed by atoms with Gasteiger partial charge in [-0.1, -0.05) is 24.3 Å². The summed E-state index contributed by atoms with van der Waals surface area (Å²) in [4.78, 5) is 15.4. The molecule has 0 saturated carbocycles. The molecule has 0 radical (unpaired) electrons. The van der Waals surface area contributed by atoms with Crippen molar-refractivity contribution in [1.82, 2.24) is 4.98 Å². The molecule has 0 aliphatic heterocycles. The van der Waals surface area contributed by atoms with Crippen LogP contribution < -0.4 is 10.5 Å². The molecular formula is C13H13N3O3S. The fourth-order valence-corrected chi connectivity index (χ4v) is 2.40. The largest absolute Gasteiger partial charge is 0.364 e. The van der Waals surface area contributed by atoms with E-state index in [1.807, 2.05) is 0 Å². The zero-order valence-corrected chi connectivity index (χ0v) is 11.5. The number of rotatable bonds is 4. The van der Waals surface area contributed by atoms with Gasteiger partial charge in [-0.15, -0.1) is 0 Å². The first kappa shape index (κ1) is 14.0. The van der Waals surface area contributed by atoms with Crippen LogP contribution in [-0.4, -0.2) is 25.6 Å². The third-order valence-corrected chi connectivity index (χ3v) is 3.14. The Bertz CT molecular complexity index is 757. The van der Waals surface area contributed by atoms with E-state index in [0.29, 0.717) is 16.8 Å². The van der Waals surface area contributed by atoms with Crippen molar-refractivity contribution in [3.05, 3.63) is 48.3 Å². The summed E-state index contributed by atoms with van der Waals surface area (Å²) >= 11 is 0. The Kier molecular flexibility index (Phi) is 3.71. The van der Waals surface area contributed by atoms with E-state index < -0.39 is 15.9 Å². The van der Waals surface area contributed by atoms with Crippen molar-refractivity contribution in [2.75, 3.05) is 11.0 Å². The van der Waals surface area contributed by atoms with Crippen LogP contribution in [-0.2, 0) is 10.0 Å². The molecule has 0 bridgehead atoms. The number of nitrogens with zero attached hydrogens (tertiary/aromatic N) is 1. The molecule has 104 valence electrons. The lowest BCUT2D eigenvalue weighted by Crippen LogP contribution is -2.15. The Labute approximate surface area is 116 Å². The number of hydrogen-bond donors (Lipinski definition) is 2. The monoisotopic (exact) mass is 291 g/mol. The minimum absolute atomic E-state index is 0.0928. The summed E-state index contributed by atoms with van der Waals surface area (Å²) in [6.07, 6.45) is 2.51. The van der Waals surface area contributed by atoms with E-state index in [4.69, 9.17) is 5.73 Å². The lowest BCUT2D eigenvalue weighted by atomic mass is 10.0. The molecule has 0 saturated heterocycles. The molecule has 1 aromatic carbocycles. The second kappa shape index (κ2) is 5.30. The highest BCUT2D eigenvalue weighted by Gasteiger charge is 2.15. The van der Waals surface area contributed by atoms with E-state index in [-0.39, 0.29) is 5.69 Å². The predicted octanol–water partition coefficient (Wildman–Crippen LogP) is 1.22. The van der Waals surface area contributed by atoms with Gasteiger partial charge in [0.2, 0.25) is 10.0 Å². The molecule has 0 atom stereocenters. The normalized spacial score (nSPS) is 11.1. The molecule has 3 N–H and O–H groups in total. The highest BCUT2D eigenvalue weighted by Crippen LogP contribution is 2.30. The third kappa shape index (κ3) is 3.12. The Morgan fingerprint density at radius 3 is 2.45 bits per heavy atom. The maximum absolute atomic E-state index is 11.4. The molecule has 1 aromatic heterocycles. The van der Waals surface area contributed by atoms with Gasteiger partial charge >= 0.3 is 0 Å². The van der Waals surface area contributed by atoms with E-state index in [9.17, 15) is 13.2 Å². The molecule has 0 aliphatic rings. The van der Waals surface area contributed by atoms with Crippen molar-refractivity contribution in [2.45, 2.75) is 0 Å². The van der Waals surface area contributed by atoms with Gasteiger partial charge < -0.3 is 5.73 Å². The van der Waals surface area contributed by atoms with Crippen LogP contribution in [0.3, 0.4) is 0 Å². The molecule has 2 rings (SSSR count). The van der Waals surface area contributed by atoms with Crippen LogP contribution in [0.4, 0.5) is 5.69 Å². The number of aromatic nitrogens is 1. The standard InChI is InChI=1S/C13H13N3O3S/c1-20(18,19)16-11-7-3-2-5-9(11)10-6-4-8-15-12(10)13(14)17/h2-8,16H,1H3,(H2,14,17). The summed E-state index contributed by atoms with van der Waals surface area (Å²) in [5.74, 6) is -0.672. The SMILES string of the molecule is CS(=O)(=O)Nc1ccccc1-c1cccnc1C(N)=O. The number of pyridine rings is 1. The smallest absolute Gasteiger partial charge is 0.267 e. The van der Waals surface area contributed by atoms with Crippen LogP contribution in [0.2, 0.25) is 0 Å². The molecule has 7 heteroatoms. The van der Waals surface area contributed by atoms with E-state index in [0.717, 1.165) is 6.26 Å². The summed E-state index contributed by atoms with van der Waals surface area (Å²) in [6, 6.07) is 10.0. The van der Waals surface area contributed by atoms with Crippen LogP contribution >= 0.6 is 0 Å². The van der Waals surface area contributed by atoms with Crippen molar-refractivity contribution in [3.8, 4) is 11.1 Å². The second-order valence-corrected chi connectivity index (χ2v) is 5.93. The van der Waals surface area contributed by atoms with Crippen LogP contribution in [0.25, 0.3) is 11.1 Å². The third-order valence-electron chi connectivity index (χ3n) is 2.55. The van der Waals surface area contributed by atoms with E-state index in [1.165, 1.54) is 6.20 Å². The lowest BCUT2D eigenvalue weighted by molar-refractivity contribution is 0.0996. The van der Waals surface area contributed by atoms with Gasteiger partial charge in [0, 0.05) is 17.3 Å². The van der Waals surface area contributed by atoms with Crippen molar-refractivity contribution in [2.24, 2.45) is 5.73 Å². The predicted molar refractivity (Wildman–Crippen MR) is 76.7 cm³/mol. The summed E-state index contributed by atoms with van der Waals surface area (Å²) in [7, 11) is -3.43. The highest BCUT2D eigenvalue weighted by atomic mass is 32.2. The number of amides is 1. The molecule has 6 nitrogen and oxygen atoms in total. The Morgan fingerprint density at radius 1 is 1.15 bits per heavy atom. The first-order chi connectivity index (χ1) is 9.38. The number of primary amides is 1. The minimum atomic E-state index is -3.43. The molecule has 0 spiro atoms. The van der Waals surface area contributed by atoms with Gasteiger partial charge in [0.1, 0.15) is 5.69 Å². The van der Waals surface area contributed by atoms with E-state index in [1.54, 1.807) is 36.4 Å². The zero-order valence-electron chi connectivity index (χ0n) is 10.7. The maximum atomic E-state index is 11.4. The van der Waals surface area contributed by atoms with Crippen molar-refractivity contribution < 1.29 is 13.2 Å². The number of nitrogens with two attached hydrogens (primary N) is 1. The fraction of sp³-hybridized carbons (Fsp3) is 0.0769. The number of para-hydroxylation sites is 1. The second-order valence-electron chi connectivity index (χ2n) is 4.18. The molecule has 1 heterocycles. The Morgan fingerprint density at radius 2 is 1.80 bits per heavy atom. The van der Waals surface area contributed by atoms with Gasteiger partial charge in [-0.25, -0.2) is 8.42 Å². The summed E-state index contributed by atoms with van der Waals surface area (Å²) < 4.78 is 25.2. The van der Waals surface area contributed by atoms with E-state index >= 15 is 0 Å². The Hall–Kier alpha value is -2.41. The molecular weight excluding hydrogens is 278 g/mol. The van der Waals surface area contributed by atoms with Crippen LogP contribution in [0.5, 0.6) is 0 Å². The van der Waals surface area contributed by atoms with Crippen LogP contribution in [0, 0.1) is 0 Å². The summed E-state index contributed by atoms with van der Waals surface area (Å²) in [5, 5.41) is 0. The fourth-order valence-electron chi connectivity index (χ4n) is 1.83. The van der Waals surface area contributed by atoms with Gasteiger partial charge in [-0.05, 0) is 12.1 Å². The van der Waals surface area contributed by atoms with Crippen molar-refractivity contribution in [3.63, 3.8) is 0 Å². The molecule has 1 amide bonds. The number of hydrogen-bond acceptors (Lipinski definition) is 4. The highest BCUT2D eigenvalue weighted by molar-refractivity contribution is 7.92. The molecule has 0 aliphatic carbocycles. The molecule has 0 unspecified atom stereocenters. The van der Waals surface area contributed by atoms with E-state index in [2.05, 4.69) is 9.71 Å². The van der Waals surface area contributed by atoms with Crippen LogP contribution in [0.15, 0.2) is 42.6 Å². The molecule has 0 fully saturated rings. The summed E-state index contributed by atoms with van der Waals surface area (Å²) in [6.45, 7) is 0.